The van der Waals surface area contributed by atoms with Gasteiger partial charge in [0, 0.05) is 12.5 Å². The predicted octanol–water partition coefficient (Wildman–Crippen LogP) is 1.37. The van der Waals surface area contributed by atoms with Crippen molar-refractivity contribution in [3.8, 4) is 11.5 Å². The highest BCUT2D eigenvalue weighted by molar-refractivity contribution is 5.81. The third-order valence-corrected chi connectivity index (χ3v) is 1.84. The highest BCUT2D eigenvalue weighted by atomic mass is 16.5. The van der Waals surface area contributed by atoms with E-state index >= 15 is 0 Å². The number of carbonyl (C=O) groups is 1. The summed E-state index contributed by atoms with van der Waals surface area (Å²) in [4.78, 5) is 10.7. The molecule has 0 atom stereocenters. The van der Waals surface area contributed by atoms with Crippen LogP contribution in [-0.4, -0.2) is 22.8 Å². The van der Waals surface area contributed by atoms with Crippen molar-refractivity contribution in [1.82, 2.24) is 0 Å². The molecule has 0 aliphatic heterocycles. The summed E-state index contributed by atoms with van der Waals surface area (Å²) in [7, 11) is 0. The first-order valence-corrected chi connectivity index (χ1v) is 4.43. The lowest BCUT2D eigenvalue weighted by Gasteiger charge is -2.03. The van der Waals surface area contributed by atoms with Gasteiger partial charge in [0.15, 0.2) is 11.5 Å². The van der Waals surface area contributed by atoms with Crippen molar-refractivity contribution in [2.45, 2.75) is 6.42 Å². The minimum Gasteiger partial charge on any atom is -0.504 e. The molecule has 1 rings (SSSR count). The van der Waals surface area contributed by atoms with E-state index < -0.39 is 5.97 Å². The zero-order valence-corrected chi connectivity index (χ0v) is 8.14. The number of carbonyl (C=O) groups excluding carboxylic acids is 1. The topological polar surface area (TPSA) is 66.8 Å². The highest BCUT2D eigenvalue weighted by Gasteiger charge is 2.01. The van der Waals surface area contributed by atoms with Crippen molar-refractivity contribution in [2.75, 3.05) is 6.61 Å². The van der Waals surface area contributed by atoms with Crippen LogP contribution >= 0.6 is 0 Å². The third-order valence-electron chi connectivity index (χ3n) is 1.84. The van der Waals surface area contributed by atoms with E-state index in [1.54, 1.807) is 6.07 Å². The molecule has 0 aliphatic carbocycles. The van der Waals surface area contributed by atoms with Crippen LogP contribution in [0.3, 0.4) is 0 Å². The summed E-state index contributed by atoms with van der Waals surface area (Å²) in [6.07, 6.45) is 1.57. The van der Waals surface area contributed by atoms with Crippen LogP contribution in [0.25, 0.3) is 0 Å². The maximum absolute atomic E-state index is 10.7. The predicted molar refractivity (Wildman–Crippen MR) is 54.6 cm³/mol. The Kier molecular flexibility index (Phi) is 3.74. The lowest BCUT2D eigenvalue weighted by Crippen LogP contribution is -2.04. The number of rotatable bonds is 4. The van der Waals surface area contributed by atoms with Gasteiger partial charge in [0.05, 0.1) is 6.61 Å². The van der Waals surface area contributed by atoms with E-state index in [4.69, 9.17) is 9.84 Å². The molecule has 0 heterocycles. The Morgan fingerprint density at radius 3 is 2.73 bits per heavy atom. The molecule has 0 aliphatic rings. The quantitative estimate of drug-likeness (QED) is 0.445. The fourth-order valence-electron chi connectivity index (χ4n) is 1.05. The molecule has 0 unspecified atom stereocenters. The van der Waals surface area contributed by atoms with Gasteiger partial charge in [-0.2, -0.15) is 0 Å². The van der Waals surface area contributed by atoms with E-state index in [-0.39, 0.29) is 18.1 Å². The zero-order chi connectivity index (χ0) is 11.3. The number of hydrogen-bond donors (Lipinski definition) is 2. The van der Waals surface area contributed by atoms with Crippen molar-refractivity contribution in [3.63, 3.8) is 0 Å². The van der Waals surface area contributed by atoms with Gasteiger partial charge in [-0.15, -0.1) is 0 Å². The normalized spacial score (nSPS) is 9.60. The molecule has 0 saturated carbocycles. The molecule has 1 aromatic rings. The van der Waals surface area contributed by atoms with Gasteiger partial charge in [0.2, 0.25) is 0 Å². The van der Waals surface area contributed by atoms with Crippen LogP contribution in [0.4, 0.5) is 0 Å². The molecule has 2 N–H and O–H groups in total. The van der Waals surface area contributed by atoms with E-state index in [1.165, 1.54) is 12.1 Å². The molecule has 0 amide bonds. The molecule has 0 fully saturated rings. The molecule has 1 aromatic carbocycles. The number of hydrogen-bond acceptors (Lipinski definition) is 4. The van der Waals surface area contributed by atoms with Crippen LogP contribution in [0.5, 0.6) is 11.5 Å². The van der Waals surface area contributed by atoms with E-state index in [0.29, 0.717) is 6.42 Å². The first kappa shape index (κ1) is 11.1. The van der Waals surface area contributed by atoms with E-state index in [0.717, 1.165) is 11.6 Å². The molecule has 15 heavy (non-hydrogen) atoms. The van der Waals surface area contributed by atoms with E-state index in [9.17, 15) is 9.90 Å². The van der Waals surface area contributed by atoms with E-state index in [2.05, 4.69) is 6.58 Å². The third kappa shape index (κ3) is 3.34. The Hall–Kier alpha value is -1.97. The van der Waals surface area contributed by atoms with Gasteiger partial charge in [-0.25, -0.2) is 4.79 Å². The van der Waals surface area contributed by atoms with Crippen molar-refractivity contribution in [1.29, 1.82) is 0 Å². The van der Waals surface area contributed by atoms with Crippen molar-refractivity contribution in [3.05, 3.63) is 36.4 Å². The van der Waals surface area contributed by atoms with Gasteiger partial charge < -0.3 is 14.9 Å². The summed E-state index contributed by atoms with van der Waals surface area (Å²) >= 11 is 0. The highest BCUT2D eigenvalue weighted by Crippen LogP contribution is 2.24. The van der Waals surface area contributed by atoms with Gasteiger partial charge in [0.1, 0.15) is 0 Å². The summed E-state index contributed by atoms with van der Waals surface area (Å²) in [6, 6.07) is 4.47. The Labute approximate surface area is 87.4 Å². The molecule has 0 bridgehead atoms. The fraction of sp³-hybridized carbons (Fsp3) is 0.182. The molecule has 80 valence electrons. The first-order valence-electron chi connectivity index (χ1n) is 4.43. The van der Waals surface area contributed by atoms with E-state index in [1.807, 2.05) is 0 Å². The van der Waals surface area contributed by atoms with Crippen molar-refractivity contribution >= 4 is 5.97 Å². The van der Waals surface area contributed by atoms with Crippen LogP contribution in [0, 0.1) is 0 Å². The molecular formula is C11H12O4. The van der Waals surface area contributed by atoms with Crippen LogP contribution in [0.15, 0.2) is 30.9 Å². The molecule has 4 nitrogen and oxygen atoms in total. The summed E-state index contributed by atoms with van der Waals surface area (Å²) in [6.45, 7) is 3.48. The maximum Gasteiger partial charge on any atom is 0.330 e. The van der Waals surface area contributed by atoms with Crippen molar-refractivity contribution in [2.24, 2.45) is 0 Å². The molecular weight excluding hydrogens is 196 g/mol. The molecule has 0 spiro atoms. The second-order valence-electron chi connectivity index (χ2n) is 2.94. The molecule has 0 radical (unpaired) electrons. The monoisotopic (exact) mass is 208 g/mol. The van der Waals surface area contributed by atoms with Crippen LogP contribution in [0.2, 0.25) is 0 Å². The molecule has 4 heteroatoms. The molecule has 0 aromatic heterocycles. The standard InChI is InChI=1S/C11H12O4/c1-2-11(14)15-6-5-8-3-4-9(12)10(13)7-8/h2-4,7,12-13H,1,5-6H2. The summed E-state index contributed by atoms with van der Waals surface area (Å²) in [5.41, 5.74) is 0.780. The number of aromatic hydroxyl groups is 2. The zero-order valence-electron chi connectivity index (χ0n) is 8.14. The average Bonchev–Trinajstić information content (AvgIpc) is 2.23. The number of phenolic OH excluding ortho intramolecular Hbond substituents is 2. The summed E-state index contributed by atoms with van der Waals surface area (Å²) < 4.78 is 4.76. The largest absolute Gasteiger partial charge is 0.504 e. The number of ether oxygens (including phenoxy) is 1. The average molecular weight is 208 g/mol. The number of benzene rings is 1. The van der Waals surface area contributed by atoms with Gasteiger partial charge in [-0.3, -0.25) is 0 Å². The Morgan fingerprint density at radius 1 is 1.40 bits per heavy atom. The summed E-state index contributed by atoms with van der Waals surface area (Å²) in [5, 5.41) is 18.2. The maximum atomic E-state index is 10.7. The van der Waals surface area contributed by atoms with Crippen LogP contribution in [0.1, 0.15) is 5.56 Å². The Morgan fingerprint density at radius 2 is 2.13 bits per heavy atom. The van der Waals surface area contributed by atoms with Gasteiger partial charge in [-0.1, -0.05) is 12.6 Å². The van der Waals surface area contributed by atoms with Gasteiger partial charge in [0.25, 0.3) is 0 Å². The second kappa shape index (κ2) is 5.05. The number of esters is 1. The SMILES string of the molecule is C=CC(=O)OCCc1ccc(O)c(O)c1. The van der Waals surface area contributed by atoms with Gasteiger partial charge >= 0.3 is 5.97 Å². The molecule has 0 saturated heterocycles. The lowest BCUT2D eigenvalue weighted by molar-refractivity contribution is -0.137. The first-order chi connectivity index (χ1) is 7.13. The van der Waals surface area contributed by atoms with Crippen molar-refractivity contribution < 1.29 is 19.7 Å². The number of phenols is 2. The van der Waals surface area contributed by atoms with Crippen LogP contribution in [-0.2, 0) is 16.0 Å². The second-order valence-corrected chi connectivity index (χ2v) is 2.94. The lowest BCUT2D eigenvalue weighted by atomic mass is 10.1. The van der Waals surface area contributed by atoms with Crippen LogP contribution < -0.4 is 0 Å². The fourth-order valence-corrected chi connectivity index (χ4v) is 1.05. The summed E-state index contributed by atoms with van der Waals surface area (Å²) in [5.74, 6) is -0.817. The minimum atomic E-state index is -0.474. The Bertz CT molecular complexity index is 371. The van der Waals surface area contributed by atoms with Gasteiger partial charge in [-0.05, 0) is 17.7 Å². The minimum absolute atomic E-state index is 0.165. The Balaban J connectivity index is 2.48. The smallest absolute Gasteiger partial charge is 0.330 e.